The molecule has 1 aliphatic heterocycles. The Kier molecular flexibility index (Phi) is 7.00. The number of H-pyrrole nitrogens is 1. The number of rotatable bonds is 9. The van der Waals surface area contributed by atoms with Crippen molar-refractivity contribution in [3.8, 4) is 0 Å². The molecular formula is C20H25N7O6. The number of carboxylic acid groups (broad SMARTS) is 2. The van der Waals surface area contributed by atoms with Gasteiger partial charge in [-0.3, -0.25) is 19.4 Å². The molecule has 0 saturated heterocycles. The van der Waals surface area contributed by atoms with E-state index in [4.69, 9.17) is 10.8 Å². The summed E-state index contributed by atoms with van der Waals surface area (Å²) in [5.41, 5.74) is 6.40. The number of hydrogen-bond acceptors (Lipinski definition) is 9. The third-order valence-corrected chi connectivity index (χ3v) is 5.12. The number of nitrogens with two attached hydrogens (primary N) is 1. The molecule has 2 aromatic rings. The molecule has 3 atom stereocenters. The summed E-state index contributed by atoms with van der Waals surface area (Å²) in [6, 6.07) is 4.92. The van der Waals surface area contributed by atoms with Crippen LogP contribution in [0.2, 0.25) is 0 Å². The summed E-state index contributed by atoms with van der Waals surface area (Å²) < 4.78 is 0. The minimum absolute atomic E-state index is 0.0276. The number of anilines is 4. The van der Waals surface area contributed by atoms with Crippen LogP contribution in [0.15, 0.2) is 29.1 Å². The predicted molar refractivity (Wildman–Crippen MR) is 120 cm³/mol. The number of aliphatic carboxylic acids is 2. The van der Waals surface area contributed by atoms with E-state index in [2.05, 4.69) is 31.2 Å². The second kappa shape index (κ2) is 9.89. The normalized spacial score (nSPS) is 16.3. The van der Waals surface area contributed by atoms with E-state index >= 15 is 0 Å². The Labute approximate surface area is 187 Å². The first-order chi connectivity index (χ1) is 15.6. The van der Waals surface area contributed by atoms with Gasteiger partial charge in [0.2, 0.25) is 5.95 Å². The summed E-state index contributed by atoms with van der Waals surface area (Å²) in [4.78, 5) is 53.2. The van der Waals surface area contributed by atoms with Crippen molar-refractivity contribution >= 4 is 41.0 Å². The van der Waals surface area contributed by atoms with Crippen molar-refractivity contribution in [3.05, 3.63) is 40.2 Å². The van der Waals surface area contributed by atoms with Gasteiger partial charge >= 0.3 is 11.9 Å². The van der Waals surface area contributed by atoms with E-state index < -0.39 is 29.8 Å². The monoisotopic (exact) mass is 459 g/mol. The number of carbonyl (C=O) groups is 3. The number of hydrogen-bond donors (Lipinski definition) is 8. The highest BCUT2D eigenvalue weighted by molar-refractivity contribution is 5.97. The molecule has 2 heterocycles. The average molecular weight is 459 g/mol. The third-order valence-electron chi connectivity index (χ3n) is 5.12. The van der Waals surface area contributed by atoms with Crippen molar-refractivity contribution in [1.29, 1.82) is 0 Å². The molecule has 0 bridgehead atoms. The summed E-state index contributed by atoms with van der Waals surface area (Å²) in [5.74, 6) is -3.56. The third kappa shape index (κ3) is 5.90. The number of carboxylic acids is 2. The van der Waals surface area contributed by atoms with Gasteiger partial charge in [-0.2, -0.15) is 4.98 Å². The quantitative estimate of drug-likeness (QED) is 0.249. The zero-order chi connectivity index (χ0) is 24.1. The van der Waals surface area contributed by atoms with Crippen LogP contribution in [0.1, 0.15) is 23.7 Å². The van der Waals surface area contributed by atoms with E-state index in [0.717, 1.165) is 0 Å². The van der Waals surface area contributed by atoms with Gasteiger partial charge in [0, 0.05) is 24.3 Å². The molecule has 33 heavy (non-hydrogen) atoms. The molecule has 1 amide bonds. The molecule has 0 radical (unpaired) electrons. The van der Waals surface area contributed by atoms with E-state index in [1.54, 1.807) is 12.1 Å². The first-order valence-corrected chi connectivity index (χ1v) is 10.1. The van der Waals surface area contributed by atoms with Gasteiger partial charge in [-0.05, 0) is 30.7 Å². The molecule has 13 heteroatoms. The lowest BCUT2D eigenvalue weighted by molar-refractivity contribution is -0.143. The smallest absolute Gasteiger partial charge is 0.326 e. The zero-order valence-corrected chi connectivity index (χ0v) is 17.7. The van der Waals surface area contributed by atoms with Gasteiger partial charge in [0.15, 0.2) is 5.82 Å². The second-order valence-electron chi connectivity index (χ2n) is 7.69. The Bertz CT molecular complexity index is 1100. The van der Waals surface area contributed by atoms with Crippen molar-refractivity contribution in [2.24, 2.45) is 5.92 Å². The van der Waals surface area contributed by atoms with Gasteiger partial charge in [-0.15, -0.1) is 0 Å². The van der Waals surface area contributed by atoms with Crippen LogP contribution in [0.5, 0.6) is 0 Å². The summed E-state index contributed by atoms with van der Waals surface area (Å²) in [7, 11) is 0. The molecule has 1 aliphatic rings. The van der Waals surface area contributed by atoms with Crippen molar-refractivity contribution < 1.29 is 24.6 Å². The highest BCUT2D eigenvalue weighted by Crippen LogP contribution is 2.20. The second-order valence-corrected chi connectivity index (χ2v) is 7.69. The minimum Gasteiger partial charge on any atom is -0.481 e. The summed E-state index contributed by atoms with van der Waals surface area (Å²) in [5, 5.41) is 29.9. The first kappa shape index (κ1) is 23.4. The number of carbonyl (C=O) groups excluding carboxylic acids is 1. The van der Waals surface area contributed by atoms with Gasteiger partial charge in [0.1, 0.15) is 11.7 Å². The van der Waals surface area contributed by atoms with Crippen molar-refractivity contribution in [2.45, 2.75) is 25.4 Å². The van der Waals surface area contributed by atoms with Gasteiger partial charge in [0.05, 0.1) is 12.0 Å². The number of nitrogen functional groups attached to an aromatic ring is 1. The molecule has 1 aromatic heterocycles. The van der Waals surface area contributed by atoms with Gasteiger partial charge in [0.25, 0.3) is 11.5 Å². The highest BCUT2D eigenvalue weighted by atomic mass is 16.4. The first-order valence-electron chi connectivity index (χ1n) is 10.1. The minimum atomic E-state index is -1.32. The number of benzene rings is 1. The zero-order valence-electron chi connectivity index (χ0n) is 17.7. The fraction of sp³-hybridized carbons (Fsp3) is 0.350. The lowest BCUT2D eigenvalue weighted by atomic mass is 10.0. The number of amides is 1. The Morgan fingerprint density at radius 2 is 1.91 bits per heavy atom. The summed E-state index contributed by atoms with van der Waals surface area (Å²) in [6.45, 7) is 2.33. The molecule has 1 unspecified atom stereocenters. The molecule has 1 aromatic carbocycles. The van der Waals surface area contributed by atoms with E-state index in [9.17, 15) is 24.3 Å². The van der Waals surface area contributed by atoms with Crippen LogP contribution >= 0.6 is 0 Å². The Balaban J connectivity index is 1.55. The number of fused-ring (bicyclic) bond motifs is 1. The maximum Gasteiger partial charge on any atom is 0.326 e. The number of nitrogens with one attached hydrogen (secondary N) is 5. The predicted octanol–water partition coefficient (Wildman–Crippen LogP) is -0.0360. The van der Waals surface area contributed by atoms with Gasteiger partial charge in [-0.1, -0.05) is 6.92 Å². The summed E-state index contributed by atoms with van der Waals surface area (Å²) >= 11 is 0. The Morgan fingerprint density at radius 3 is 2.55 bits per heavy atom. The molecule has 0 aliphatic carbocycles. The van der Waals surface area contributed by atoms with E-state index in [0.29, 0.717) is 30.3 Å². The SMILES string of the molecule is CC(C[C@H](NC(=O)c1ccc(NC[C@@H]2CNc3nc(N)[nH]c(=O)c3N2)cc1)C(=O)O)C(=O)O. The Hall–Kier alpha value is -4.29. The van der Waals surface area contributed by atoms with Crippen LogP contribution in [0.3, 0.4) is 0 Å². The van der Waals surface area contributed by atoms with E-state index in [-0.39, 0.29) is 29.5 Å². The number of aromatic amines is 1. The van der Waals surface area contributed by atoms with Crippen LogP contribution in [0.4, 0.5) is 23.1 Å². The standard InChI is InChI=1S/C20H25N7O6/c1-9(18(30)31)6-13(19(32)33)25-16(28)10-2-4-11(5-3-10)22-7-12-8-23-15-14(24-12)17(29)27-20(21)26-15/h2-5,9,12-13,22,24H,6-8H2,1H3,(H,25,28)(H,30,31)(H,32,33)(H4,21,23,26,27,29)/t9?,12-,13+/m1/s1. The molecule has 0 saturated carbocycles. The molecule has 0 spiro atoms. The van der Waals surface area contributed by atoms with Crippen LogP contribution in [0.25, 0.3) is 0 Å². The van der Waals surface area contributed by atoms with Crippen LogP contribution < -0.4 is 32.6 Å². The topological polar surface area (TPSA) is 212 Å². The largest absolute Gasteiger partial charge is 0.481 e. The maximum absolute atomic E-state index is 12.4. The summed E-state index contributed by atoms with van der Waals surface area (Å²) in [6.07, 6.45) is -0.230. The molecule has 13 nitrogen and oxygen atoms in total. The lowest BCUT2D eigenvalue weighted by Gasteiger charge is -2.27. The van der Waals surface area contributed by atoms with Gasteiger partial charge < -0.3 is 37.2 Å². The van der Waals surface area contributed by atoms with Crippen LogP contribution in [-0.4, -0.2) is 63.2 Å². The van der Waals surface area contributed by atoms with Crippen molar-refractivity contribution in [1.82, 2.24) is 15.3 Å². The maximum atomic E-state index is 12.4. The fourth-order valence-corrected chi connectivity index (χ4v) is 3.25. The lowest BCUT2D eigenvalue weighted by Crippen LogP contribution is -2.42. The molecule has 9 N–H and O–H groups in total. The average Bonchev–Trinajstić information content (AvgIpc) is 2.77. The van der Waals surface area contributed by atoms with Crippen molar-refractivity contribution in [3.63, 3.8) is 0 Å². The van der Waals surface area contributed by atoms with Gasteiger partial charge in [-0.25, -0.2) is 4.79 Å². The van der Waals surface area contributed by atoms with E-state index in [1.807, 2.05) is 0 Å². The highest BCUT2D eigenvalue weighted by Gasteiger charge is 2.26. The fourth-order valence-electron chi connectivity index (χ4n) is 3.25. The molecule has 176 valence electrons. The van der Waals surface area contributed by atoms with Crippen LogP contribution in [-0.2, 0) is 9.59 Å². The van der Waals surface area contributed by atoms with Crippen molar-refractivity contribution in [2.75, 3.05) is 34.8 Å². The number of nitrogens with zero attached hydrogens (tertiary/aromatic N) is 1. The van der Waals surface area contributed by atoms with Crippen LogP contribution in [0, 0.1) is 5.92 Å². The van der Waals surface area contributed by atoms with E-state index in [1.165, 1.54) is 19.1 Å². The molecule has 0 fully saturated rings. The molecular weight excluding hydrogens is 434 g/mol. The Morgan fingerprint density at radius 1 is 1.21 bits per heavy atom. The number of aromatic nitrogens is 2. The molecule has 3 rings (SSSR count).